The van der Waals surface area contributed by atoms with E-state index in [0.717, 1.165) is 12.0 Å². The Hall–Kier alpha value is -2.43. The molecule has 0 saturated carbocycles. The average molecular weight is 272 g/mol. The van der Waals surface area contributed by atoms with Gasteiger partial charge in [0.2, 0.25) is 0 Å². The molecule has 1 aromatic heterocycles. The molecule has 0 bridgehead atoms. The topological polar surface area (TPSA) is 72.2 Å². The van der Waals surface area contributed by atoms with Crippen LogP contribution in [-0.4, -0.2) is 20.9 Å². The predicted octanol–water partition coefficient (Wildman–Crippen LogP) is 2.33. The van der Waals surface area contributed by atoms with Gasteiger partial charge in [-0.25, -0.2) is 9.48 Å². The average Bonchev–Trinajstić information content (AvgIpc) is 2.41. The fourth-order valence-corrected chi connectivity index (χ4v) is 2.02. The van der Waals surface area contributed by atoms with Crippen molar-refractivity contribution in [3.63, 3.8) is 0 Å². The number of aryl methyl sites for hydroxylation is 2. The van der Waals surface area contributed by atoms with Crippen LogP contribution < -0.4 is 5.56 Å². The molecular weight excluding hydrogens is 256 g/mol. The summed E-state index contributed by atoms with van der Waals surface area (Å²) in [6.07, 6.45) is 2.17. The number of carboxylic acid groups (broad SMARTS) is 1. The minimum Gasteiger partial charge on any atom is -0.477 e. The van der Waals surface area contributed by atoms with Crippen molar-refractivity contribution in [3.05, 3.63) is 51.9 Å². The number of aromatic nitrogens is 2. The van der Waals surface area contributed by atoms with Gasteiger partial charge in [0, 0.05) is 12.1 Å². The normalized spacial score (nSPS) is 10.5. The van der Waals surface area contributed by atoms with Crippen molar-refractivity contribution in [1.29, 1.82) is 0 Å². The molecule has 0 radical (unpaired) electrons. The van der Waals surface area contributed by atoms with Crippen LogP contribution in [0.25, 0.3) is 11.1 Å². The third kappa shape index (κ3) is 2.61. The maximum Gasteiger partial charge on any atom is 0.342 e. The predicted molar refractivity (Wildman–Crippen MR) is 75.9 cm³/mol. The lowest BCUT2D eigenvalue weighted by Crippen LogP contribution is -2.29. The molecular formula is C15H16N2O3. The van der Waals surface area contributed by atoms with Crippen LogP contribution in [0.3, 0.4) is 0 Å². The first-order valence-corrected chi connectivity index (χ1v) is 6.45. The van der Waals surface area contributed by atoms with E-state index in [1.165, 1.54) is 10.9 Å². The highest BCUT2D eigenvalue weighted by Crippen LogP contribution is 2.21. The fraction of sp³-hybridized carbons (Fsp3) is 0.267. The summed E-state index contributed by atoms with van der Waals surface area (Å²) in [7, 11) is 0. The molecule has 0 unspecified atom stereocenters. The van der Waals surface area contributed by atoms with Crippen LogP contribution in [0, 0.1) is 6.92 Å². The minimum atomic E-state index is -1.22. The van der Waals surface area contributed by atoms with Crippen LogP contribution in [0.4, 0.5) is 0 Å². The fourth-order valence-electron chi connectivity index (χ4n) is 2.02. The Balaban J connectivity index is 2.64. The lowest BCUT2D eigenvalue weighted by Gasteiger charge is -2.09. The van der Waals surface area contributed by atoms with Gasteiger partial charge in [-0.3, -0.25) is 4.79 Å². The molecule has 0 aliphatic carbocycles. The number of hydrogen-bond acceptors (Lipinski definition) is 3. The van der Waals surface area contributed by atoms with Gasteiger partial charge in [-0.1, -0.05) is 36.8 Å². The monoisotopic (exact) mass is 272 g/mol. The van der Waals surface area contributed by atoms with Gasteiger partial charge in [0.05, 0.1) is 6.20 Å². The summed E-state index contributed by atoms with van der Waals surface area (Å²) >= 11 is 0. The molecule has 0 spiro atoms. The van der Waals surface area contributed by atoms with Crippen molar-refractivity contribution >= 4 is 5.97 Å². The molecule has 5 heteroatoms. The maximum atomic E-state index is 12.2. The van der Waals surface area contributed by atoms with Crippen LogP contribution in [0.1, 0.15) is 29.3 Å². The van der Waals surface area contributed by atoms with E-state index in [-0.39, 0.29) is 5.56 Å². The summed E-state index contributed by atoms with van der Waals surface area (Å²) in [5.41, 5.74) is 1.32. The molecule has 20 heavy (non-hydrogen) atoms. The van der Waals surface area contributed by atoms with Crippen molar-refractivity contribution in [1.82, 2.24) is 9.78 Å². The van der Waals surface area contributed by atoms with Crippen LogP contribution in [0.2, 0.25) is 0 Å². The largest absolute Gasteiger partial charge is 0.477 e. The first-order chi connectivity index (χ1) is 9.54. The van der Waals surface area contributed by atoms with E-state index in [2.05, 4.69) is 5.10 Å². The molecule has 0 fully saturated rings. The van der Waals surface area contributed by atoms with Gasteiger partial charge in [0.1, 0.15) is 5.56 Å². The van der Waals surface area contributed by atoms with Crippen molar-refractivity contribution in [3.8, 4) is 11.1 Å². The summed E-state index contributed by atoms with van der Waals surface area (Å²) in [5, 5.41) is 13.4. The SMILES string of the molecule is CCCn1ncc(-c2ccc(C)cc2)c(C(=O)O)c1=O. The number of nitrogens with zero attached hydrogens (tertiary/aromatic N) is 2. The number of carbonyl (C=O) groups is 1. The summed E-state index contributed by atoms with van der Waals surface area (Å²) in [6.45, 7) is 4.26. The third-order valence-corrected chi connectivity index (χ3v) is 3.06. The van der Waals surface area contributed by atoms with E-state index in [0.29, 0.717) is 17.7 Å². The lowest BCUT2D eigenvalue weighted by atomic mass is 10.0. The third-order valence-electron chi connectivity index (χ3n) is 3.06. The summed E-state index contributed by atoms with van der Waals surface area (Å²) < 4.78 is 1.20. The number of aromatic carboxylic acids is 1. The van der Waals surface area contributed by atoms with Crippen molar-refractivity contribution in [2.75, 3.05) is 0 Å². The van der Waals surface area contributed by atoms with Crippen molar-refractivity contribution in [2.24, 2.45) is 0 Å². The lowest BCUT2D eigenvalue weighted by molar-refractivity contribution is 0.0694. The Morgan fingerprint density at radius 1 is 1.30 bits per heavy atom. The number of rotatable bonds is 4. The molecule has 0 aliphatic heterocycles. The van der Waals surface area contributed by atoms with Crippen LogP contribution in [-0.2, 0) is 6.54 Å². The van der Waals surface area contributed by atoms with Gasteiger partial charge >= 0.3 is 5.97 Å². The Kier molecular flexibility index (Phi) is 3.98. The zero-order valence-corrected chi connectivity index (χ0v) is 11.5. The zero-order valence-electron chi connectivity index (χ0n) is 11.5. The standard InChI is InChI=1S/C15H16N2O3/c1-3-8-17-14(18)13(15(19)20)12(9-16-17)11-6-4-10(2)5-7-11/h4-7,9H,3,8H2,1-2H3,(H,19,20). The van der Waals surface area contributed by atoms with Crippen LogP contribution in [0.5, 0.6) is 0 Å². The highest BCUT2D eigenvalue weighted by molar-refractivity contribution is 5.95. The Bertz CT molecular complexity index is 687. The molecule has 0 saturated heterocycles. The second-order valence-electron chi connectivity index (χ2n) is 4.63. The van der Waals surface area contributed by atoms with Gasteiger partial charge in [-0.15, -0.1) is 0 Å². The Morgan fingerprint density at radius 3 is 2.50 bits per heavy atom. The molecule has 1 N–H and O–H groups in total. The molecule has 104 valence electrons. The van der Waals surface area contributed by atoms with Crippen LogP contribution >= 0.6 is 0 Å². The van der Waals surface area contributed by atoms with Crippen molar-refractivity contribution < 1.29 is 9.90 Å². The van der Waals surface area contributed by atoms with E-state index >= 15 is 0 Å². The number of hydrogen-bond donors (Lipinski definition) is 1. The summed E-state index contributed by atoms with van der Waals surface area (Å²) in [6, 6.07) is 7.34. The first kappa shape index (κ1) is 14.0. The molecule has 5 nitrogen and oxygen atoms in total. The highest BCUT2D eigenvalue weighted by atomic mass is 16.4. The van der Waals surface area contributed by atoms with E-state index < -0.39 is 11.5 Å². The zero-order chi connectivity index (χ0) is 14.7. The summed E-state index contributed by atoms with van der Waals surface area (Å²) in [5.74, 6) is -1.22. The van der Waals surface area contributed by atoms with Gasteiger partial charge in [-0.2, -0.15) is 5.10 Å². The minimum absolute atomic E-state index is 0.225. The second kappa shape index (κ2) is 5.69. The molecule has 1 aromatic carbocycles. The highest BCUT2D eigenvalue weighted by Gasteiger charge is 2.18. The molecule has 0 atom stereocenters. The Morgan fingerprint density at radius 2 is 1.95 bits per heavy atom. The van der Waals surface area contributed by atoms with Crippen LogP contribution in [0.15, 0.2) is 35.3 Å². The quantitative estimate of drug-likeness (QED) is 0.927. The van der Waals surface area contributed by atoms with Gasteiger partial charge in [-0.05, 0) is 18.9 Å². The van der Waals surface area contributed by atoms with Gasteiger partial charge in [0.25, 0.3) is 5.56 Å². The molecule has 0 aliphatic rings. The van der Waals surface area contributed by atoms with E-state index in [1.54, 1.807) is 12.1 Å². The number of carboxylic acids is 1. The molecule has 2 aromatic rings. The first-order valence-electron chi connectivity index (χ1n) is 6.45. The van der Waals surface area contributed by atoms with E-state index in [9.17, 15) is 14.7 Å². The molecule has 0 amide bonds. The smallest absolute Gasteiger partial charge is 0.342 e. The second-order valence-corrected chi connectivity index (χ2v) is 4.63. The molecule has 1 heterocycles. The number of benzene rings is 1. The van der Waals surface area contributed by atoms with Gasteiger partial charge in [0.15, 0.2) is 0 Å². The van der Waals surface area contributed by atoms with E-state index in [1.807, 2.05) is 26.0 Å². The van der Waals surface area contributed by atoms with Gasteiger partial charge < -0.3 is 5.11 Å². The Labute approximate surface area is 116 Å². The molecule has 2 rings (SSSR count). The summed E-state index contributed by atoms with van der Waals surface area (Å²) in [4.78, 5) is 23.6. The van der Waals surface area contributed by atoms with E-state index in [4.69, 9.17) is 0 Å². The maximum absolute atomic E-state index is 12.2. The van der Waals surface area contributed by atoms with Crippen molar-refractivity contribution in [2.45, 2.75) is 26.8 Å².